The highest BCUT2D eigenvalue weighted by molar-refractivity contribution is 7.12. The number of rotatable bonds is 6. The Bertz CT molecular complexity index is 646. The summed E-state index contributed by atoms with van der Waals surface area (Å²) in [4.78, 5) is 17.6. The standard InChI is InChI=1S/C19H25N3OS/c1-21(2)16-9-7-15(8-10-16)17(22-11-3-4-12-22)14-20-19(23)18-6-5-13-24-18/h5-10,13,17H,3-4,11-12,14H2,1-2H3,(H,20,23)/t17-/m1/s1. The third-order valence-electron chi connectivity index (χ3n) is 4.58. The third-order valence-corrected chi connectivity index (χ3v) is 5.45. The van der Waals surface area contributed by atoms with Gasteiger partial charge in [0.15, 0.2) is 0 Å². The molecule has 24 heavy (non-hydrogen) atoms. The van der Waals surface area contributed by atoms with E-state index in [4.69, 9.17) is 0 Å². The Morgan fingerprint density at radius 2 is 1.92 bits per heavy atom. The van der Waals surface area contributed by atoms with E-state index in [2.05, 4.69) is 39.4 Å². The number of benzene rings is 1. The van der Waals surface area contributed by atoms with Crippen molar-refractivity contribution in [2.75, 3.05) is 38.6 Å². The van der Waals surface area contributed by atoms with Crippen molar-refractivity contribution in [2.24, 2.45) is 0 Å². The van der Waals surface area contributed by atoms with E-state index in [0.717, 1.165) is 18.0 Å². The number of nitrogens with zero attached hydrogens (tertiary/aromatic N) is 2. The predicted octanol–water partition coefficient (Wildman–Crippen LogP) is 3.38. The molecule has 0 spiro atoms. The van der Waals surface area contributed by atoms with E-state index in [9.17, 15) is 4.79 Å². The Hall–Kier alpha value is -1.85. The summed E-state index contributed by atoms with van der Waals surface area (Å²) in [6.45, 7) is 2.86. The van der Waals surface area contributed by atoms with E-state index < -0.39 is 0 Å². The molecule has 1 aliphatic heterocycles. The van der Waals surface area contributed by atoms with Gasteiger partial charge in [0, 0.05) is 26.3 Å². The molecule has 0 unspecified atom stereocenters. The van der Waals surface area contributed by atoms with Crippen molar-refractivity contribution in [3.63, 3.8) is 0 Å². The Kier molecular flexibility index (Phi) is 5.53. The summed E-state index contributed by atoms with van der Waals surface area (Å²) in [5.41, 5.74) is 2.47. The summed E-state index contributed by atoms with van der Waals surface area (Å²) in [6, 6.07) is 12.7. The third kappa shape index (κ3) is 3.97. The fraction of sp³-hybridized carbons (Fsp3) is 0.421. The smallest absolute Gasteiger partial charge is 0.261 e. The first-order chi connectivity index (χ1) is 11.6. The molecule has 5 heteroatoms. The molecule has 0 bridgehead atoms. The fourth-order valence-corrected chi connectivity index (χ4v) is 3.83. The van der Waals surface area contributed by atoms with Crippen LogP contribution in [0.4, 0.5) is 5.69 Å². The molecule has 0 saturated carbocycles. The quantitative estimate of drug-likeness (QED) is 0.873. The van der Waals surface area contributed by atoms with E-state index in [-0.39, 0.29) is 11.9 Å². The molecule has 128 valence electrons. The van der Waals surface area contributed by atoms with Crippen LogP contribution in [0.3, 0.4) is 0 Å². The first-order valence-electron chi connectivity index (χ1n) is 8.48. The van der Waals surface area contributed by atoms with Crippen LogP contribution in [0.1, 0.15) is 34.1 Å². The normalized spacial score (nSPS) is 16.1. The van der Waals surface area contributed by atoms with Crippen molar-refractivity contribution >= 4 is 22.9 Å². The van der Waals surface area contributed by atoms with E-state index >= 15 is 0 Å². The number of thiophene rings is 1. The number of nitrogens with one attached hydrogen (secondary N) is 1. The highest BCUT2D eigenvalue weighted by Gasteiger charge is 2.24. The maximum absolute atomic E-state index is 12.3. The lowest BCUT2D eigenvalue weighted by atomic mass is 10.0. The lowest BCUT2D eigenvalue weighted by Gasteiger charge is -2.28. The monoisotopic (exact) mass is 343 g/mol. The van der Waals surface area contributed by atoms with Crippen LogP contribution in [0.15, 0.2) is 41.8 Å². The van der Waals surface area contributed by atoms with Crippen LogP contribution in [0.2, 0.25) is 0 Å². The largest absolute Gasteiger partial charge is 0.378 e. The Morgan fingerprint density at radius 3 is 2.50 bits per heavy atom. The number of likely N-dealkylation sites (tertiary alicyclic amines) is 1. The summed E-state index contributed by atoms with van der Waals surface area (Å²) < 4.78 is 0. The minimum atomic E-state index is 0.0270. The number of carbonyl (C=O) groups excluding carboxylic acids is 1. The molecule has 0 aliphatic carbocycles. The van der Waals surface area contributed by atoms with Gasteiger partial charge >= 0.3 is 0 Å². The van der Waals surface area contributed by atoms with Gasteiger partial charge in [0.2, 0.25) is 0 Å². The van der Waals surface area contributed by atoms with Crippen LogP contribution in [0.25, 0.3) is 0 Å². The van der Waals surface area contributed by atoms with Crippen molar-refractivity contribution in [2.45, 2.75) is 18.9 Å². The SMILES string of the molecule is CN(C)c1ccc([C@@H](CNC(=O)c2cccs2)N2CCCC2)cc1. The Balaban J connectivity index is 1.72. The van der Waals surface area contributed by atoms with Crippen molar-refractivity contribution in [3.05, 3.63) is 52.2 Å². The molecule has 2 aromatic rings. The highest BCUT2D eigenvalue weighted by Crippen LogP contribution is 2.26. The first kappa shape index (κ1) is 17.0. The second kappa shape index (κ2) is 7.81. The Morgan fingerprint density at radius 1 is 1.21 bits per heavy atom. The van der Waals surface area contributed by atoms with E-state index in [1.54, 1.807) is 0 Å². The minimum absolute atomic E-state index is 0.0270. The number of anilines is 1. The van der Waals surface area contributed by atoms with Crippen LogP contribution in [0, 0.1) is 0 Å². The average Bonchev–Trinajstić information content (AvgIpc) is 3.29. The highest BCUT2D eigenvalue weighted by atomic mass is 32.1. The second-order valence-electron chi connectivity index (χ2n) is 6.43. The minimum Gasteiger partial charge on any atom is -0.378 e. The zero-order valence-electron chi connectivity index (χ0n) is 14.4. The molecule has 3 rings (SSSR count). The van der Waals surface area contributed by atoms with E-state index in [0.29, 0.717) is 6.54 Å². The van der Waals surface area contributed by atoms with Crippen LogP contribution < -0.4 is 10.2 Å². The molecule has 1 N–H and O–H groups in total. The molecule has 2 heterocycles. The van der Waals surface area contributed by atoms with E-state index in [1.165, 1.54) is 35.4 Å². The van der Waals surface area contributed by atoms with Crippen LogP contribution >= 0.6 is 11.3 Å². The number of carbonyl (C=O) groups is 1. The molecule has 1 saturated heterocycles. The van der Waals surface area contributed by atoms with Crippen LogP contribution in [-0.2, 0) is 0 Å². The lowest BCUT2D eigenvalue weighted by molar-refractivity contribution is 0.0942. The number of hydrogen-bond acceptors (Lipinski definition) is 4. The van der Waals surface area contributed by atoms with Gasteiger partial charge in [0.25, 0.3) is 5.91 Å². The average molecular weight is 343 g/mol. The Labute approximate surface area is 148 Å². The van der Waals surface area contributed by atoms with Crippen molar-refractivity contribution in [1.82, 2.24) is 10.2 Å². The lowest BCUT2D eigenvalue weighted by Crippen LogP contribution is -2.36. The summed E-state index contributed by atoms with van der Waals surface area (Å²) in [5.74, 6) is 0.0270. The summed E-state index contributed by atoms with van der Waals surface area (Å²) in [5, 5.41) is 5.05. The van der Waals surface area contributed by atoms with Gasteiger partial charge < -0.3 is 10.2 Å². The zero-order valence-corrected chi connectivity index (χ0v) is 15.2. The van der Waals surface area contributed by atoms with E-state index in [1.807, 2.05) is 31.6 Å². The van der Waals surface area contributed by atoms with Crippen LogP contribution in [0.5, 0.6) is 0 Å². The molecule has 1 aromatic heterocycles. The fourth-order valence-electron chi connectivity index (χ4n) is 3.19. The molecule has 1 aliphatic rings. The molecule has 1 fully saturated rings. The second-order valence-corrected chi connectivity index (χ2v) is 7.38. The molecule has 0 radical (unpaired) electrons. The van der Waals surface area contributed by atoms with Gasteiger partial charge in [-0.1, -0.05) is 18.2 Å². The summed E-state index contributed by atoms with van der Waals surface area (Å²) in [6.07, 6.45) is 2.48. The summed E-state index contributed by atoms with van der Waals surface area (Å²) in [7, 11) is 4.10. The van der Waals surface area contributed by atoms with Gasteiger partial charge in [-0.3, -0.25) is 9.69 Å². The molecule has 1 atom stereocenters. The maximum atomic E-state index is 12.3. The van der Waals surface area contributed by atoms with Crippen molar-refractivity contribution in [1.29, 1.82) is 0 Å². The van der Waals surface area contributed by atoms with Crippen molar-refractivity contribution in [3.8, 4) is 0 Å². The molecule has 1 aromatic carbocycles. The predicted molar refractivity (Wildman–Crippen MR) is 101 cm³/mol. The van der Waals surface area contributed by atoms with Gasteiger partial charge in [0.05, 0.1) is 10.9 Å². The number of hydrogen-bond donors (Lipinski definition) is 1. The number of amides is 1. The maximum Gasteiger partial charge on any atom is 0.261 e. The van der Waals surface area contributed by atoms with Gasteiger partial charge in [-0.05, 0) is 55.1 Å². The van der Waals surface area contributed by atoms with Gasteiger partial charge in [-0.15, -0.1) is 11.3 Å². The van der Waals surface area contributed by atoms with Gasteiger partial charge in [-0.2, -0.15) is 0 Å². The molecular weight excluding hydrogens is 318 g/mol. The van der Waals surface area contributed by atoms with Crippen LogP contribution in [-0.4, -0.2) is 44.5 Å². The summed E-state index contributed by atoms with van der Waals surface area (Å²) >= 11 is 1.48. The first-order valence-corrected chi connectivity index (χ1v) is 9.36. The molecule has 1 amide bonds. The van der Waals surface area contributed by atoms with Gasteiger partial charge in [0.1, 0.15) is 0 Å². The molecule has 4 nitrogen and oxygen atoms in total. The zero-order chi connectivity index (χ0) is 16.9. The van der Waals surface area contributed by atoms with Gasteiger partial charge in [-0.25, -0.2) is 0 Å². The van der Waals surface area contributed by atoms with Crippen molar-refractivity contribution < 1.29 is 4.79 Å². The topological polar surface area (TPSA) is 35.6 Å². The molecular formula is C19H25N3OS.